The van der Waals surface area contributed by atoms with Crippen molar-refractivity contribution >= 4 is 28.5 Å². The summed E-state index contributed by atoms with van der Waals surface area (Å²) in [5.41, 5.74) is 4.22. The molecule has 0 spiro atoms. The van der Waals surface area contributed by atoms with Crippen LogP contribution in [0.3, 0.4) is 0 Å². The number of amides is 3. The number of aromatic nitrogens is 1. The third-order valence-corrected chi connectivity index (χ3v) is 6.86. The zero-order valence-corrected chi connectivity index (χ0v) is 19.6. The highest BCUT2D eigenvalue weighted by atomic mass is 16.2. The van der Waals surface area contributed by atoms with Crippen molar-refractivity contribution < 1.29 is 9.59 Å². The lowest BCUT2D eigenvalue weighted by Crippen LogP contribution is -2.45. The topological polar surface area (TPSA) is 77.2 Å². The van der Waals surface area contributed by atoms with Crippen LogP contribution in [0.2, 0.25) is 0 Å². The first-order valence-corrected chi connectivity index (χ1v) is 12.2. The molecule has 2 heterocycles. The summed E-state index contributed by atoms with van der Waals surface area (Å²) in [5, 5.41) is 7.32. The number of aromatic amines is 1. The number of para-hydroxylation sites is 2. The maximum atomic E-state index is 13.1. The molecule has 1 aromatic heterocycles. The molecule has 4 aromatic rings. The maximum Gasteiger partial charge on any atom is 0.321 e. The molecular formula is C29H30N4O2. The number of carbonyl (C=O) groups excluding carboxylic acids is 2. The Kier molecular flexibility index (Phi) is 6.80. The number of piperidine rings is 1. The van der Waals surface area contributed by atoms with E-state index in [1.165, 1.54) is 16.5 Å². The van der Waals surface area contributed by atoms with Gasteiger partial charge < -0.3 is 20.5 Å². The van der Waals surface area contributed by atoms with Gasteiger partial charge in [-0.15, -0.1) is 0 Å². The van der Waals surface area contributed by atoms with E-state index in [0.29, 0.717) is 32.5 Å². The summed E-state index contributed by atoms with van der Waals surface area (Å²) in [7, 11) is 0. The number of likely N-dealkylation sites (tertiary alicyclic amines) is 1. The Balaban J connectivity index is 1.21. The maximum absolute atomic E-state index is 13.1. The van der Waals surface area contributed by atoms with Gasteiger partial charge in [0.05, 0.1) is 0 Å². The predicted molar refractivity (Wildman–Crippen MR) is 139 cm³/mol. The minimum atomic E-state index is -0.112. The van der Waals surface area contributed by atoms with Crippen LogP contribution in [0, 0.1) is 5.92 Å². The average Bonchev–Trinajstić information content (AvgIpc) is 3.34. The molecule has 6 heteroatoms. The minimum absolute atomic E-state index is 0.0491. The zero-order valence-electron chi connectivity index (χ0n) is 19.6. The van der Waals surface area contributed by atoms with Crippen molar-refractivity contribution in [3.05, 3.63) is 102 Å². The van der Waals surface area contributed by atoms with E-state index in [0.717, 1.165) is 11.2 Å². The number of carbonyl (C=O) groups is 2. The van der Waals surface area contributed by atoms with Crippen LogP contribution in [-0.4, -0.2) is 41.5 Å². The number of benzene rings is 3. The van der Waals surface area contributed by atoms with Crippen LogP contribution in [0.5, 0.6) is 0 Å². The number of hydrogen-bond donors (Lipinski definition) is 3. The average molecular weight is 467 g/mol. The van der Waals surface area contributed by atoms with Crippen LogP contribution in [0.25, 0.3) is 10.9 Å². The van der Waals surface area contributed by atoms with Gasteiger partial charge in [0.25, 0.3) is 0 Å². The van der Waals surface area contributed by atoms with Gasteiger partial charge in [0.15, 0.2) is 0 Å². The van der Waals surface area contributed by atoms with Crippen molar-refractivity contribution in [3.8, 4) is 0 Å². The number of nitrogens with zero attached hydrogens (tertiary/aromatic N) is 1. The van der Waals surface area contributed by atoms with Crippen molar-refractivity contribution in [3.63, 3.8) is 0 Å². The first-order valence-electron chi connectivity index (χ1n) is 12.2. The second-order valence-corrected chi connectivity index (χ2v) is 9.06. The molecule has 1 aliphatic heterocycles. The van der Waals surface area contributed by atoms with Crippen molar-refractivity contribution in [2.45, 2.75) is 18.8 Å². The molecule has 1 aliphatic rings. The zero-order chi connectivity index (χ0) is 24.0. The Labute approximate surface area is 205 Å². The molecule has 0 bridgehead atoms. The molecule has 178 valence electrons. The molecule has 0 radical (unpaired) electrons. The molecule has 1 atom stereocenters. The number of nitrogens with one attached hydrogen (secondary N) is 3. The first kappa shape index (κ1) is 22.7. The van der Waals surface area contributed by atoms with Crippen LogP contribution in [0.4, 0.5) is 10.5 Å². The second-order valence-electron chi connectivity index (χ2n) is 9.06. The van der Waals surface area contributed by atoms with Crippen LogP contribution in [-0.2, 0) is 4.79 Å². The molecule has 1 saturated heterocycles. The lowest BCUT2D eigenvalue weighted by Gasteiger charge is -2.31. The monoisotopic (exact) mass is 466 g/mol. The van der Waals surface area contributed by atoms with Crippen LogP contribution >= 0.6 is 0 Å². The van der Waals surface area contributed by atoms with Crippen LogP contribution < -0.4 is 10.6 Å². The number of fused-ring (bicyclic) bond motifs is 1. The molecule has 6 nitrogen and oxygen atoms in total. The molecule has 0 saturated carbocycles. The molecule has 35 heavy (non-hydrogen) atoms. The summed E-state index contributed by atoms with van der Waals surface area (Å²) in [6.07, 6.45) is 3.38. The molecule has 0 aliphatic carbocycles. The number of H-pyrrole nitrogens is 1. The van der Waals surface area contributed by atoms with E-state index in [2.05, 4.69) is 46.1 Å². The van der Waals surface area contributed by atoms with E-state index in [1.54, 1.807) is 4.90 Å². The van der Waals surface area contributed by atoms with E-state index in [1.807, 2.05) is 60.7 Å². The highest BCUT2D eigenvalue weighted by molar-refractivity contribution is 5.89. The Bertz CT molecular complexity index is 1280. The SMILES string of the molecule is O=C(NCC(c1ccccc1)c1c[nH]c2ccccc12)C1CCN(C(=O)Nc2ccccc2)CC1. The summed E-state index contributed by atoms with van der Waals surface area (Å²) in [6.45, 7) is 1.67. The fraction of sp³-hybridized carbons (Fsp3) is 0.241. The van der Waals surface area contributed by atoms with Gasteiger partial charge in [-0.3, -0.25) is 4.79 Å². The summed E-state index contributed by atoms with van der Waals surface area (Å²) in [5.74, 6) is 0.0251. The third kappa shape index (κ3) is 5.22. The van der Waals surface area contributed by atoms with E-state index < -0.39 is 0 Å². The van der Waals surface area contributed by atoms with Gasteiger partial charge in [0.1, 0.15) is 0 Å². The Morgan fingerprint density at radius 1 is 0.886 bits per heavy atom. The number of urea groups is 1. The van der Waals surface area contributed by atoms with Gasteiger partial charge in [-0.2, -0.15) is 0 Å². The molecule has 3 aromatic carbocycles. The Morgan fingerprint density at radius 2 is 1.54 bits per heavy atom. The summed E-state index contributed by atoms with van der Waals surface area (Å²) in [6, 6.07) is 27.9. The van der Waals surface area contributed by atoms with E-state index in [9.17, 15) is 9.59 Å². The second kappa shape index (κ2) is 10.5. The van der Waals surface area contributed by atoms with Gasteiger partial charge in [-0.1, -0.05) is 66.7 Å². The van der Waals surface area contributed by atoms with Gasteiger partial charge in [-0.25, -0.2) is 4.79 Å². The molecule has 1 fully saturated rings. The van der Waals surface area contributed by atoms with Crippen molar-refractivity contribution in [1.29, 1.82) is 0 Å². The van der Waals surface area contributed by atoms with Gasteiger partial charge >= 0.3 is 6.03 Å². The molecule has 3 N–H and O–H groups in total. The predicted octanol–water partition coefficient (Wildman–Crippen LogP) is 5.36. The molecule has 3 amide bonds. The van der Waals surface area contributed by atoms with Crippen molar-refractivity contribution in [2.24, 2.45) is 5.92 Å². The van der Waals surface area contributed by atoms with E-state index >= 15 is 0 Å². The van der Waals surface area contributed by atoms with Crippen molar-refractivity contribution in [2.75, 3.05) is 25.0 Å². The van der Waals surface area contributed by atoms with Crippen LogP contribution in [0.1, 0.15) is 29.9 Å². The molecule has 5 rings (SSSR count). The number of rotatable bonds is 6. The lowest BCUT2D eigenvalue weighted by atomic mass is 9.90. The number of hydrogen-bond acceptors (Lipinski definition) is 2. The summed E-state index contributed by atoms with van der Waals surface area (Å²) < 4.78 is 0. The highest BCUT2D eigenvalue weighted by Gasteiger charge is 2.28. The molecular weight excluding hydrogens is 436 g/mol. The van der Waals surface area contributed by atoms with Crippen molar-refractivity contribution in [1.82, 2.24) is 15.2 Å². The largest absolute Gasteiger partial charge is 0.361 e. The fourth-order valence-corrected chi connectivity index (χ4v) is 4.89. The standard InChI is InChI=1S/C29H30N4O2/c34-28(22-15-17-33(18-16-22)29(35)32-23-11-5-2-6-12-23)31-19-25(21-9-3-1-4-10-21)26-20-30-27-14-8-7-13-24(26)27/h1-14,20,22,25,30H,15-19H2,(H,31,34)(H,32,35). The van der Waals surface area contributed by atoms with Gasteiger partial charge in [-0.05, 0) is 42.2 Å². The first-order chi connectivity index (χ1) is 17.2. The third-order valence-electron chi connectivity index (χ3n) is 6.86. The Morgan fingerprint density at radius 3 is 2.29 bits per heavy atom. The summed E-state index contributed by atoms with van der Waals surface area (Å²) in [4.78, 5) is 30.8. The quantitative estimate of drug-likeness (QED) is 0.358. The van der Waals surface area contributed by atoms with Gasteiger partial charge in [0.2, 0.25) is 5.91 Å². The summed E-state index contributed by atoms with van der Waals surface area (Å²) >= 11 is 0. The minimum Gasteiger partial charge on any atom is -0.361 e. The van der Waals surface area contributed by atoms with Crippen LogP contribution in [0.15, 0.2) is 91.1 Å². The fourth-order valence-electron chi connectivity index (χ4n) is 4.89. The highest BCUT2D eigenvalue weighted by Crippen LogP contribution is 2.30. The molecule has 1 unspecified atom stereocenters. The number of anilines is 1. The Hall–Kier alpha value is -4.06. The van der Waals surface area contributed by atoms with E-state index in [-0.39, 0.29) is 23.8 Å². The van der Waals surface area contributed by atoms with E-state index in [4.69, 9.17) is 0 Å². The smallest absolute Gasteiger partial charge is 0.321 e. The lowest BCUT2D eigenvalue weighted by molar-refractivity contribution is -0.126. The normalized spacial score (nSPS) is 15.0. The van der Waals surface area contributed by atoms with Gasteiger partial charge in [0, 0.05) is 54.3 Å².